The predicted molar refractivity (Wildman–Crippen MR) is 61.7 cm³/mol. The molecule has 82 valence electrons. The van der Waals surface area contributed by atoms with E-state index >= 15 is 0 Å². The molecule has 1 aliphatic heterocycles. The van der Waals surface area contributed by atoms with E-state index in [2.05, 4.69) is 24.0 Å². The Morgan fingerprint density at radius 3 is 2.71 bits per heavy atom. The van der Waals surface area contributed by atoms with E-state index in [1.165, 1.54) is 25.0 Å². The van der Waals surface area contributed by atoms with Gasteiger partial charge < -0.3 is 10.4 Å². The van der Waals surface area contributed by atoms with Crippen LogP contribution in [-0.4, -0.2) is 34.3 Å². The number of aliphatic hydroxyl groups is 1. The fraction of sp³-hybridized carbons (Fsp3) is 1.00. The molecule has 0 aromatic carbocycles. The molecule has 0 bridgehead atoms. The van der Waals surface area contributed by atoms with Crippen molar-refractivity contribution in [2.45, 2.75) is 62.5 Å². The van der Waals surface area contributed by atoms with E-state index in [1.807, 2.05) is 0 Å². The molecule has 2 rings (SSSR count). The number of hydrogen-bond acceptors (Lipinski definition) is 3. The third-order valence-corrected chi connectivity index (χ3v) is 4.67. The first-order valence-corrected chi connectivity index (χ1v) is 6.84. The second-order valence-electron chi connectivity index (χ2n) is 4.76. The van der Waals surface area contributed by atoms with Crippen LogP contribution >= 0.6 is 11.8 Å². The lowest BCUT2D eigenvalue weighted by molar-refractivity contribution is 0.109. The smallest absolute Gasteiger partial charge is 0.0555 e. The second-order valence-corrected chi connectivity index (χ2v) is 6.23. The molecule has 0 radical (unpaired) electrons. The van der Waals surface area contributed by atoms with Gasteiger partial charge in [-0.1, -0.05) is 6.92 Å². The molecule has 4 unspecified atom stereocenters. The van der Waals surface area contributed by atoms with E-state index in [1.54, 1.807) is 0 Å². The minimum atomic E-state index is -0.0484. The van der Waals surface area contributed by atoms with Crippen LogP contribution in [0.15, 0.2) is 0 Å². The summed E-state index contributed by atoms with van der Waals surface area (Å²) in [5, 5.41) is 14.1. The highest BCUT2D eigenvalue weighted by Gasteiger charge is 2.26. The van der Waals surface area contributed by atoms with Crippen LogP contribution in [0.25, 0.3) is 0 Å². The zero-order valence-electron chi connectivity index (χ0n) is 8.91. The number of rotatable bonds is 2. The van der Waals surface area contributed by atoms with Crippen molar-refractivity contribution in [1.82, 2.24) is 5.32 Å². The Hall–Kier alpha value is 0.270. The molecule has 1 aliphatic carbocycles. The molecule has 0 aromatic rings. The summed E-state index contributed by atoms with van der Waals surface area (Å²) in [6, 6.07) is 1.28. The Balaban J connectivity index is 1.74. The van der Waals surface area contributed by atoms with Gasteiger partial charge in [0.05, 0.1) is 6.10 Å². The summed E-state index contributed by atoms with van der Waals surface area (Å²) in [6.45, 7) is 2.31. The van der Waals surface area contributed by atoms with Gasteiger partial charge in [-0.05, 0) is 32.1 Å². The topological polar surface area (TPSA) is 32.3 Å². The molecule has 2 nitrogen and oxygen atoms in total. The predicted octanol–water partition coefficient (Wildman–Crippen LogP) is 1.77. The van der Waals surface area contributed by atoms with Gasteiger partial charge in [0.2, 0.25) is 0 Å². The third kappa shape index (κ3) is 2.88. The van der Waals surface area contributed by atoms with Gasteiger partial charge in [0.25, 0.3) is 0 Å². The largest absolute Gasteiger partial charge is 0.393 e. The van der Waals surface area contributed by atoms with Crippen LogP contribution in [0.2, 0.25) is 0 Å². The molecule has 14 heavy (non-hydrogen) atoms. The first-order valence-electron chi connectivity index (χ1n) is 5.80. The normalized spacial score (nSPS) is 44.1. The molecule has 4 atom stereocenters. The van der Waals surface area contributed by atoms with Crippen LogP contribution in [0.1, 0.15) is 39.0 Å². The summed E-state index contributed by atoms with van der Waals surface area (Å²) >= 11 is 2.07. The molecular weight excluding hydrogens is 194 g/mol. The standard InChI is InChI=1S/C11H21NOS/c1-8-5-10(7-14-8)12-9-3-2-4-11(13)6-9/h8-13H,2-7H2,1H3. The van der Waals surface area contributed by atoms with Crippen molar-refractivity contribution in [3.63, 3.8) is 0 Å². The van der Waals surface area contributed by atoms with Crippen molar-refractivity contribution in [1.29, 1.82) is 0 Å². The molecular formula is C11H21NOS. The fourth-order valence-electron chi connectivity index (χ4n) is 2.58. The highest BCUT2D eigenvalue weighted by atomic mass is 32.2. The number of aliphatic hydroxyl groups excluding tert-OH is 1. The van der Waals surface area contributed by atoms with Crippen LogP contribution in [-0.2, 0) is 0 Å². The Bertz CT molecular complexity index is 188. The molecule has 1 heterocycles. The van der Waals surface area contributed by atoms with E-state index < -0.39 is 0 Å². The first-order chi connectivity index (χ1) is 6.74. The van der Waals surface area contributed by atoms with Gasteiger partial charge in [-0.2, -0.15) is 11.8 Å². The zero-order valence-corrected chi connectivity index (χ0v) is 9.72. The van der Waals surface area contributed by atoms with E-state index in [0.717, 1.165) is 18.1 Å². The summed E-state index contributed by atoms with van der Waals surface area (Å²) in [4.78, 5) is 0. The Kier molecular flexibility index (Phi) is 3.74. The Labute approximate surface area is 90.8 Å². The maximum Gasteiger partial charge on any atom is 0.0555 e. The highest BCUT2D eigenvalue weighted by Crippen LogP contribution is 2.27. The lowest BCUT2D eigenvalue weighted by Gasteiger charge is -2.29. The molecule has 2 aliphatic rings. The minimum absolute atomic E-state index is 0.0484. The summed E-state index contributed by atoms with van der Waals surface area (Å²) in [6.07, 6.45) is 5.68. The number of thioether (sulfide) groups is 1. The monoisotopic (exact) mass is 215 g/mol. The van der Waals surface area contributed by atoms with Crippen molar-refractivity contribution in [3.05, 3.63) is 0 Å². The van der Waals surface area contributed by atoms with Crippen LogP contribution in [0.5, 0.6) is 0 Å². The lowest BCUT2D eigenvalue weighted by Crippen LogP contribution is -2.42. The molecule has 1 saturated heterocycles. The molecule has 0 amide bonds. The maximum absolute atomic E-state index is 9.56. The van der Waals surface area contributed by atoms with Crippen LogP contribution < -0.4 is 5.32 Å². The molecule has 0 spiro atoms. The molecule has 1 saturated carbocycles. The van der Waals surface area contributed by atoms with Gasteiger partial charge in [0.1, 0.15) is 0 Å². The summed E-state index contributed by atoms with van der Waals surface area (Å²) in [7, 11) is 0. The molecule has 0 aromatic heterocycles. The fourth-order valence-corrected chi connectivity index (χ4v) is 3.74. The molecule has 3 heteroatoms. The highest BCUT2D eigenvalue weighted by molar-refractivity contribution is 8.00. The van der Waals surface area contributed by atoms with Crippen molar-refractivity contribution in [2.24, 2.45) is 0 Å². The van der Waals surface area contributed by atoms with Gasteiger partial charge >= 0.3 is 0 Å². The average Bonchev–Trinajstić information content (AvgIpc) is 2.51. The van der Waals surface area contributed by atoms with Crippen molar-refractivity contribution >= 4 is 11.8 Å². The maximum atomic E-state index is 9.56. The quantitative estimate of drug-likeness (QED) is 0.736. The number of hydrogen-bond donors (Lipinski definition) is 2. The zero-order chi connectivity index (χ0) is 9.97. The van der Waals surface area contributed by atoms with Gasteiger partial charge in [-0.3, -0.25) is 0 Å². The summed E-state index contributed by atoms with van der Waals surface area (Å²) < 4.78 is 0. The van der Waals surface area contributed by atoms with Crippen molar-refractivity contribution < 1.29 is 5.11 Å². The van der Waals surface area contributed by atoms with Crippen molar-refractivity contribution in [3.8, 4) is 0 Å². The van der Waals surface area contributed by atoms with E-state index in [9.17, 15) is 5.11 Å². The minimum Gasteiger partial charge on any atom is -0.393 e. The van der Waals surface area contributed by atoms with Gasteiger partial charge in [0.15, 0.2) is 0 Å². The Morgan fingerprint density at radius 1 is 1.21 bits per heavy atom. The first kappa shape index (κ1) is 10.8. The number of nitrogens with one attached hydrogen (secondary N) is 1. The van der Waals surface area contributed by atoms with Crippen molar-refractivity contribution in [2.75, 3.05) is 5.75 Å². The van der Waals surface area contributed by atoms with E-state index in [-0.39, 0.29) is 6.10 Å². The van der Waals surface area contributed by atoms with E-state index in [4.69, 9.17) is 0 Å². The SMILES string of the molecule is CC1CC(NC2CCCC(O)C2)CS1. The summed E-state index contributed by atoms with van der Waals surface area (Å²) in [5.41, 5.74) is 0. The van der Waals surface area contributed by atoms with Crippen LogP contribution in [0.3, 0.4) is 0 Å². The van der Waals surface area contributed by atoms with Gasteiger partial charge in [-0.15, -0.1) is 0 Å². The molecule has 2 fully saturated rings. The second kappa shape index (κ2) is 4.86. The average molecular weight is 215 g/mol. The van der Waals surface area contributed by atoms with Gasteiger partial charge in [0, 0.05) is 23.1 Å². The Morgan fingerprint density at radius 2 is 2.07 bits per heavy atom. The van der Waals surface area contributed by atoms with Crippen LogP contribution in [0, 0.1) is 0 Å². The summed E-state index contributed by atoms with van der Waals surface area (Å²) in [5.74, 6) is 1.26. The molecule has 2 N–H and O–H groups in total. The van der Waals surface area contributed by atoms with E-state index in [0.29, 0.717) is 12.1 Å². The lowest BCUT2D eigenvalue weighted by atomic mass is 9.92. The van der Waals surface area contributed by atoms with Gasteiger partial charge in [-0.25, -0.2) is 0 Å². The third-order valence-electron chi connectivity index (χ3n) is 3.32. The van der Waals surface area contributed by atoms with Crippen LogP contribution in [0.4, 0.5) is 0 Å².